The van der Waals surface area contributed by atoms with Crippen LogP contribution in [0.4, 0.5) is 0 Å². The van der Waals surface area contributed by atoms with Crippen molar-refractivity contribution < 1.29 is 9.15 Å². The van der Waals surface area contributed by atoms with Crippen molar-refractivity contribution >= 4 is 0 Å². The molecular formula is C14H15NO2. The molecule has 0 spiro atoms. The summed E-state index contributed by atoms with van der Waals surface area (Å²) in [6, 6.07) is 10.0. The molecule has 17 heavy (non-hydrogen) atoms. The maximum absolute atomic E-state index is 6.40. The Bertz CT molecular complexity index is 507. The third-order valence-corrected chi connectivity index (χ3v) is 3.17. The first kappa shape index (κ1) is 10.4. The molecule has 1 unspecified atom stereocenters. The van der Waals surface area contributed by atoms with Crippen molar-refractivity contribution in [3.05, 3.63) is 54.0 Å². The smallest absolute Gasteiger partial charge is 0.122 e. The molecule has 0 saturated carbocycles. The lowest BCUT2D eigenvalue weighted by Gasteiger charge is -2.34. The molecule has 0 amide bonds. The molecule has 1 aromatic heterocycles. The Morgan fingerprint density at radius 2 is 2.12 bits per heavy atom. The van der Waals surface area contributed by atoms with E-state index < -0.39 is 0 Å². The molecule has 1 aromatic carbocycles. The number of rotatable bonds is 2. The van der Waals surface area contributed by atoms with Gasteiger partial charge in [0.2, 0.25) is 0 Å². The lowest BCUT2D eigenvalue weighted by atomic mass is 9.85. The molecular weight excluding hydrogens is 214 g/mol. The van der Waals surface area contributed by atoms with E-state index in [0.29, 0.717) is 6.61 Å². The number of para-hydroxylation sites is 1. The molecule has 1 atom stereocenters. The molecule has 1 aliphatic heterocycles. The van der Waals surface area contributed by atoms with Gasteiger partial charge in [0, 0.05) is 0 Å². The summed E-state index contributed by atoms with van der Waals surface area (Å²) < 4.78 is 10.8. The van der Waals surface area contributed by atoms with Gasteiger partial charge in [0.1, 0.15) is 12.4 Å². The number of benzene rings is 1. The summed E-state index contributed by atoms with van der Waals surface area (Å²) in [6.45, 7) is 0.551. The summed E-state index contributed by atoms with van der Waals surface area (Å²) in [7, 11) is 0. The summed E-state index contributed by atoms with van der Waals surface area (Å²) in [6.07, 6.45) is 5.04. The van der Waals surface area contributed by atoms with E-state index in [0.717, 1.165) is 24.2 Å². The van der Waals surface area contributed by atoms with Gasteiger partial charge in [-0.05, 0) is 36.1 Å². The number of ether oxygens (including phenoxy) is 1. The zero-order valence-electron chi connectivity index (χ0n) is 9.56. The van der Waals surface area contributed by atoms with Crippen molar-refractivity contribution in [3.8, 4) is 5.75 Å². The van der Waals surface area contributed by atoms with E-state index in [-0.39, 0.29) is 5.54 Å². The molecule has 88 valence electrons. The van der Waals surface area contributed by atoms with Crippen LogP contribution in [-0.4, -0.2) is 12.1 Å². The maximum atomic E-state index is 6.40. The molecule has 3 rings (SSSR count). The zero-order valence-corrected chi connectivity index (χ0v) is 9.56. The molecule has 3 heteroatoms. The standard InChI is InChI=1S/C14H15NO2/c15-14(7-11-5-6-16-9-11)8-12-3-1-2-4-13(12)17-10-14/h1-6,9H,7-8,10,15H2. The van der Waals surface area contributed by atoms with Gasteiger partial charge >= 0.3 is 0 Å². The average molecular weight is 229 g/mol. The number of nitrogens with two attached hydrogens (primary N) is 1. The Morgan fingerprint density at radius 3 is 2.94 bits per heavy atom. The molecule has 0 aliphatic carbocycles. The van der Waals surface area contributed by atoms with Crippen LogP contribution in [0.2, 0.25) is 0 Å². The molecule has 0 bridgehead atoms. The van der Waals surface area contributed by atoms with Crippen LogP contribution in [0.5, 0.6) is 5.75 Å². The van der Waals surface area contributed by atoms with E-state index >= 15 is 0 Å². The third kappa shape index (κ3) is 2.06. The maximum Gasteiger partial charge on any atom is 0.122 e. The van der Waals surface area contributed by atoms with Gasteiger partial charge in [0.25, 0.3) is 0 Å². The van der Waals surface area contributed by atoms with Crippen molar-refractivity contribution in [2.75, 3.05) is 6.61 Å². The van der Waals surface area contributed by atoms with Gasteiger partial charge in [0.05, 0.1) is 18.1 Å². The predicted octanol–water partition coefficient (Wildman–Crippen LogP) is 2.15. The Hall–Kier alpha value is -1.74. The molecule has 2 aromatic rings. The Kier molecular flexibility index (Phi) is 2.41. The Balaban J connectivity index is 1.82. The van der Waals surface area contributed by atoms with Crippen LogP contribution in [0, 0.1) is 0 Å². The third-order valence-electron chi connectivity index (χ3n) is 3.17. The molecule has 0 fully saturated rings. The highest BCUT2D eigenvalue weighted by molar-refractivity contribution is 5.37. The molecule has 2 N–H and O–H groups in total. The quantitative estimate of drug-likeness (QED) is 0.858. The number of furan rings is 1. The van der Waals surface area contributed by atoms with E-state index in [1.54, 1.807) is 12.5 Å². The van der Waals surface area contributed by atoms with Gasteiger partial charge in [-0.15, -0.1) is 0 Å². The Morgan fingerprint density at radius 1 is 1.24 bits per heavy atom. The van der Waals surface area contributed by atoms with Crippen LogP contribution in [0.1, 0.15) is 11.1 Å². The highest BCUT2D eigenvalue weighted by Crippen LogP contribution is 2.29. The van der Waals surface area contributed by atoms with Crippen LogP contribution >= 0.6 is 0 Å². The summed E-state index contributed by atoms with van der Waals surface area (Å²) in [5.41, 5.74) is 8.37. The number of fused-ring (bicyclic) bond motifs is 1. The van der Waals surface area contributed by atoms with Gasteiger partial charge in [0.15, 0.2) is 0 Å². The minimum Gasteiger partial charge on any atom is -0.491 e. The summed E-state index contributed by atoms with van der Waals surface area (Å²) in [5.74, 6) is 0.959. The van der Waals surface area contributed by atoms with E-state index in [1.165, 1.54) is 5.56 Å². The topological polar surface area (TPSA) is 48.4 Å². The van der Waals surface area contributed by atoms with Gasteiger partial charge in [-0.1, -0.05) is 18.2 Å². The Labute approximate surface area is 100 Å². The number of hydrogen-bond acceptors (Lipinski definition) is 3. The zero-order chi connectivity index (χ0) is 11.7. The molecule has 1 aliphatic rings. The highest BCUT2D eigenvalue weighted by Gasteiger charge is 2.32. The van der Waals surface area contributed by atoms with Gasteiger partial charge in [-0.3, -0.25) is 0 Å². The van der Waals surface area contributed by atoms with Gasteiger partial charge < -0.3 is 14.9 Å². The van der Waals surface area contributed by atoms with E-state index in [2.05, 4.69) is 6.07 Å². The molecule has 3 nitrogen and oxygen atoms in total. The largest absolute Gasteiger partial charge is 0.491 e. The average Bonchev–Trinajstić information content (AvgIpc) is 2.81. The van der Waals surface area contributed by atoms with Gasteiger partial charge in [-0.25, -0.2) is 0 Å². The minimum atomic E-state index is -0.335. The van der Waals surface area contributed by atoms with E-state index in [1.807, 2.05) is 24.3 Å². The van der Waals surface area contributed by atoms with Gasteiger partial charge in [-0.2, -0.15) is 0 Å². The second-order valence-corrected chi connectivity index (χ2v) is 4.74. The van der Waals surface area contributed by atoms with Crippen LogP contribution in [-0.2, 0) is 12.8 Å². The van der Waals surface area contributed by atoms with E-state index in [4.69, 9.17) is 14.9 Å². The fourth-order valence-electron chi connectivity index (χ4n) is 2.36. The fraction of sp³-hybridized carbons (Fsp3) is 0.286. The van der Waals surface area contributed by atoms with Crippen LogP contribution in [0.15, 0.2) is 47.3 Å². The van der Waals surface area contributed by atoms with E-state index in [9.17, 15) is 0 Å². The van der Waals surface area contributed by atoms with Crippen molar-refractivity contribution in [3.63, 3.8) is 0 Å². The first-order valence-corrected chi connectivity index (χ1v) is 5.76. The second kappa shape index (κ2) is 3.93. The van der Waals surface area contributed by atoms with Crippen molar-refractivity contribution in [2.45, 2.75) is 18.4 Å². The van der Waals surface area contributed by atoms with Crippen LogP contribution in [0.3, 0.4) is 0 Å². The van der Waals surface area contributed by atoms with Crippen molar-refractivity contribution in [1.29, 1.82) is 0 Å². The summed E-state index contributed by atoms with van der Waals surface area (Å²) in [4.78, 5) is 0. The second-order valence-electron chi connectivity index (χ2n) is 4.74. The lowest BCUT2D eigenvalue weighted by Crippen LogP contribution is -2.51. The number of hydrogen-bond donors (Lipinski definition) is 1. The fourth-order valence-corrected chi connectivity index (χ4v) is 2.36. The predicted molar refractivity (Wildman–Crippen MR) is 65.0 cm³/mol. The molecule has 0 saturated heterocycles. The normalized spacial score (nSPS) is 22.9. The minimum absolute atomic E-state index is 0.335. The highest BCUT2D eigenvalue weighted by atomic mass is 16.5. The summed E-state index contributed by atoms with van der Waals surface area (Å²) >= 11 is 0. The van der Waals surface area contributed by atoms with Crippen molar-refractivity contribution in [1.82, 2.24) is 0 Å². The lowest BCUT2D eigenvalue weighted by molar-refractivity contribution is 0.189. The first-order chi connectivity index (χ1) is 8.25. The first-order valence-electron chi connectivity index (χ1n) is 5.76. The van der Waals surface area contributed by atoms with Crippen LogP contribution < -0.4 is 10.5 Å². The summed E-state index contributed by atoms with van der Waals surface area (Å²) in [5, 5.41) is 0. The van der Waals surface area contributed by atoms with Crippen LogP contribution in [0.25, 0.3) is 0 Å². The SMILES string of the molecule is NC1(Cc2ccoc2)COc2ccccc2C1. The monoisotopic (exact) mass is 229 g/mol. The molecule has 2 heterocycles. The molecule has 0 radical (unpaired) electrons. The van der Waals surface area contributed by atoms with Crippen molar-refractivity contribution in [2.24, 2.45) is 5.73 Å².